The number of nitrogens with one attached hydrogen (secondary N) is 1. The highest BCUT2D eigenvalue weighted by atomic mass is 15.3. The van der Waals surface area contributed by atoms with Crippen LogP contribution in [0.25, 0.3) is 11.0 Å². The standard InChI is InChI=1S/C12H19N5/c1-16(9-15-13)6-5-10-3-4-12-11(7-10)14-8-17(12)2/h3-4,7-8,15H,5-6,9,13H2,1-2H3. The summed E-state index contributed by atoms with van der Waals surface area (Å²) in [7, 11) is 4.05. The summed E-state index contributed by atoms with van der Waals surface area (Å²) >= 11 is 0. The summed E-state index contributed by atoms with van der Waals surface area (Å²) in [6.07, 6.45) is 2.85. The molecule has 1 aromatic carbocycles. The molecule has 1 aromatic heterocycles. The molecule has 2 rings (SSSR count). The number of hydrogen-bond donors (Lipinski definition) is 2. The maximum absolute atomic E-state index is 5.27. The molecule has 0 aliphatic rings. The van der Waals surface area contributed by atoms with E-state index in [0.717, 1.165) is 18.5 Å². The topological polar surface area (TPSA) is 59.1 Å². The number of aromatic nitrogens is 2. The second-order valence-electron chi connectivity index (χ2n) is 4.37. The highest BCUT2D eigenvalue weighted by Gasteiger charge is 2.02. The number of fused-ring (bicyclic) bond motifs is 1. The number of rotatable bonds is 5. The van der Waals surface area contributed by atoms with Gasteiger partial charge in [-0.2, -0.15) is 0 Å². The first-order valence-corrected chi connectivity index (χ1v) is 5.72. The number of hydrazine groups is 1. The van der Waals surface area contributed by atoms with Crippen LogP contribution in [0.5, 0.6) is 0 Å². The van der Waals surface area contributed by atoms with Gasteiger partial charge in [-0.3, -0.25) is 10.7 Å². The fraction of sp³-hybridized carbons (Fsp3) is 0.417. The molecule has 2 aromatic rings. The zero-order valence-electron chi connectivity index (χ0n) is 10.3. The van der Waals surface area contributed by atoms with E-state index in [2.05, 4.69) is 33.5 Å². The van der Waals surface area contributed by atoms with Crippen molar-refractivity contribution < 1.29 is 0 Å². The van der Waals surface area contributed by atoms with Crippen molar-refractivity contribution in [2.24, 2.45) is 12.9 Å². The molecule has 0 saturated heterocycles. The van der Waals surface area contributed by atoms with Crippen LogP contribution in [0, 0.1) is 0 Å². The number of imidazole rings is 1. The second-order valence-corrected chi connectivity index (χ2v) is 4.37. The van der Waals surface area contributed by atoms with Crippen LogP contribution in [0.3, 0.4) is 0 Å². The molecule has 92 valence electrons. The van der Waals surface area contributed by atoms with Crippen molar-refractivity contribution in [3.63, 3.8) is 0 Å². The van der Waals surface area contributed by atoms with Gasteiger partial charge in [-0.05, 0) is 31.2 Å². The Morgan fingerprint density at radius 2 is 2.29 bits per heavy atom. The van der Waals surface area contributed by atoms with E-state index in [1.807, 2.05) is 25.0 Å². The Morgan fingerprint density at radius 3 is 3.06 bits per heavy atom. The van der Waals surface area contributed by atoms with Gasteiger partial charge in [0.15, 0.2) is 0 Å². The molecule has 1 heterocycles. The molecule has 0 fully saturated rings. The van der Waals surface area contributed by atoms with Crippen LogP contribution in [0.2, 0.25) is 0 Å². The van der Waals surface area contributed by atoms with Crippen LogP contribution in [-0.2, 0) is 13.5 Å². The molecule has 0 radical (unpaired) electrons. The minimum Gasteiger partial charge on any atom is -0.334 e. The van der Waals surface area contributed by atoms with Gasteiger partial charge in [0.05, 0.1) is 24.0 Å². The number of likely N-dealkylation sites (N-methyl/N-ethyl adjacent to an activating group) is 1. The monoisotopic (exact) mass is 233 g/mol. The number of benzene rings is 1. The first-order chi connectivity index (χ1) is 8.20. The Balaban J connectivity index is 2.04. The van der Waals surface area contributed by atoms with Gasteiger partial charge >= 0.3 is 0 Å². The lowest BCUT2D eigenvalue weighted by molar-refractivity contribution is 0.313. The first-order valence-electron chi connectivity index (χ1n) is 5.72. The van der Waals surface area contributed by atoms with Crippen LogP contribution in [0.4, 0.5) is 0 Å². The van der Waals surface area contributed by atoms with Gasteiger partial charge in [-0.1, -0.05) is 6.07 Å². The summed E-state index contributed by atoms with van der Waals surface area (Å²) in [5, 5.41) is 0. The molecule has 0 unspecified atom stereocenters. The van der Waals surface area contributed by atoms with E-state index in [4.69, 9.17) is 5.84 Å². The molecule has 0 amide bonds. The lowest BCUT2D eigenvalue weighted by Crippen LogP contribution is -2.36. The second kappa shape index (κ2) is 5.27. The molecule has 0 aliphatic carbocycles. The Labute approximate surface area is 101 Å². The number of aryl methyl sites for hydroxylation is 1. The molecule has 0 saturated carbocycles. The van der Waals surface area contributed by atoms with Crippen molar-refractivity contribution in [1.29, 1.82) is 0 Å². The number of hydrogen-bond acceptors (Lipinski definition) is 4. The van der Waals surface area contributed by atoms with E-state index in [9.17, 15) is 0 Å². The fourth-order valence-electron chi connectivity index (χ4n) is 1.89. The Morgan fingerprint density at radius 1 is 1.47 bits per heavy atom. The molecular weight excluding hydrogens is 214 g/mol. The van der Waals surface area contributed by atoms with Crippen LogP contribution < -0.4 is 11.3 Å². The van der Waals surface area contributed by atoms with Crippen LogP contribution in [-0.4, -0.2) is 34.7 Å². The van der Waals surface area contributed by atoms with Crippen LogP contribution >= 0.6 is 0 Å². The normalized spacial score (nSPS) is 11.5. The lowest BCUT2D eigenvalue weighted by atomic mass is 10.1. The smallest absolute Gasteiger partial charge is 0.0955 e. The van der Waals surface area contributed by atoms with E-state index < -0.39 is 0 Å². The zero-order chi connectivity index (χ0) is 12.3. The van der Waals surface area contributed by atoms with Crippen molar-refractivity contribution in [2.75, 3.05) is 20.3 Å². The molecule has 0 bridgehead atoms. The molecule has 0 atom stereocenters. The fourth-order valence-corrected chi connectivity index (χ4v) is 1.89. The van der Waals surface area contributed by atoms with Gasteiger partial charge in [0.25, 0.3) is 0 Å². The largest absolute Gasteiger partial charge is 0.334 e. The Kier molecular flexibility index (Phi) is 3.73. The van der Waals surface area contributed by atoms with Crippen molar-refractivity contribution in [3.8, 4) is 0 Å². The first kappa shape index (κ1) is 12.0. The summed E-state index contributed by atoms with van der Waals surface area (Å²) in [4.78, 5) is 6.50. The molecule has 3 N–H and O–H groups in total. The molecule has 5 nitrogen and oxygen atoms in total. The number of nitrogens with two attached hydrogens (primary N) is 1. The summed E-state index contributed by atoms with van der Waals surface area (Å²) in [5.74, 6) is 5.27. The Bertz CT molecular complexity index is 491. The minimum absolute atomic E-state index is 0.700. The molecule has 5 heteroatoms. The van der Waals surface area contributed by atoms with Crippen molar-refractivity contribution >= 4 is 11.0 Å². The lowest BCUT2D eigenvalue weighted by Gasteiger charge is -2.15. The van der Waals surface area contributed by atoms with E-state index in [1.54, 1.807) is 0 Å². The number of nitrogens with zero attached hydrogens (tertiary/aromatic N) is 3. The maximum Gasteiger partial charge on any atom is 0.0955 e. The zero-order valence-corrected chi connectivity index (χ0v) is 10.3. The summed E-state index contributed by atoms with van der Waals surface area (Å²) in [6, 6.07) is 6.44. The van der Waals surface area contributed by atoms with E-state index in [0.29, 0.717) is 6.67 Å². The molecule has 0 aliphatic heterocycles. The van der Waals surface area contributed by atoms with Gasteiger partial charge in [0.2, 0.25) is 0 Å². The summed E-state index contributed by atoms with van der Waals surface area (Å²) < 4.78 is 2.03. The van der Waals surface area contributed by atoms with E-state index >= 15 is 0 Å². The van der Waals surface area contributed by atoms with Gasteiger partial charge < -0.3 is 4.57 Å². The van der Waals surface area contributed by atoms with E-state index in [1.165, 1.54) is 11.1 Å². The van der Waals surface area contributed by atoms with Crippen molar-refractivity contribution in [1.82, 2.24) is 19.9 Å². The minimum atomic E-state index is 0.700. The third-order valence-corrected chi connectivity index (χ3v) is 2.93. The van der Waals surface area contributed by atoms with Gasteiger partial charge in [-0.15, -0.1) is 0 Å². The highest BCUT2D eigenvalue weighted by Crippen LogP contribution is 2.14. The average Bonchev–Trinajstić information content (AvgIpc) is 2.69. The quantitative estimate of drug-likeness (QED) is 0.448. The van der Waals surface area contributed by atoms with Gasteiger partial charge in [0, 0.05) is 13.6 Å². The van der Waals surface area contributed by atoms with Crippen LogP contribution in [0.1, 0.15) is 5.56 Å². The van der Waals surface area contributed by atoms with Crippen LogP contribution in [0.15, 0.2) is 24.5 Å². The SMILES string of the molecule is CN(CCc1ccc2c(c1)ncn2C)CNN. The summed E-state index contributed by atoms with van der Waals surface area (Å²) in [5.41, 5.74) is 6.18. The molecule has 0 spiro atoms. The third-order valence-electron chi connectivity index (χ3n) is 2.93. The predicted molar refractivity (Wildman–Crippen MR) is 69.2 cm³/mol. The third kappa shape index (κ3) is 2.82. The predicted octanol–water partition coefficient (Wildman–Crippen LogP) is 0.468. The van der Waals surface area contributed by atoms with Gasteiger partial charge in [-0.25, -0.2) is 10.4 Å². The van der Waals surface area contributed by atoms with Gasteiger partial charge in [0.1, 0.15) is 0 Å². The van der Waals surface area contributed by atoms with E-state index in [-0.39, 0.29) is 0 Å². The molecular formula is C12H19N5. The average molecular weight is 233 g/mol. The molecule has 17 heavy (non-hydrogen) atoms. The highest BCUT2D eigenvalue weighted by molar-refractivity contribution is 5.75. The maximum atomic E-state index is 5.27. The van der Waals surface area contributed by atoms with Crippen molar-refractivity contribution in [3.05, 3.63) is 30.1 Å². The summed E-state index contributed by atoms with van der Waals surface area (Å²) in [6.45, 7) is 1.67. The van der Waals surface area contributed by atoms with Crippen molar-refractivity contribution in [2.45, 2.75) is 6.42 Å². The Hall–Kier alpha value is -1.43.